The van der Waals surface area contributed by atoms with Crippen molar-refractivity contribution in [2.75, 3.05) is 18.6 Å². The quantitative estimate of drug-likeness (QED) is 0.801. The lowest BCUT2D eigenvalue weighted by Crippen LogP contribution is -2.32. The summed E-state index contributed by atoms with van der Waals surface area (Å²) in [7, 11) is 0. The molecule has 0 aromatic heterocycles. The molecular weight excluding hydrogens is 262 g/mol. The molecule has 1 aliphatic carbocycles. The van der Waals surface area contributed by atoms with Gasteiger partial charge in [-0.25, -0.2) is 0 Å². The van der Waals surface area contributed by atoms with E-state index in [9.17, 15) is 4.79 Å². The minimum Gasteiger partial charge on any atom is -0.355 e. The van der Waals surface area contributed by atoms with Crippen molar-refractivity contribution < 1.29 is 4.79 Å². The Labute approximate surface area is 98.7 Å². The van der Waals surface area contributed by atoms with Crippen molar-refractivity contribution in [1.29, 1.82) is 0 Å². The number of hydrogen-bond acceptors (Lipinski definition) is 2. The standard InChI is InChI=1S/C10H18BrNOS/c1-14-7-10(13)12-6-8-3-2-4-9(11)5-8/h8-9H,2-7H2,1H3,(H,12,13). The second-order valence-corrected chi connectivity index (χ2v) is 6.03. The van der Waals surface area contributed by atoms with Crippen molar-refractivity contribution >= 4 is 33.6 Å². The van der Waals surface area contributed by atoms with Gasteiger partial charge in [0.2, 0.25) is 5.91 Å². The Hall–Kier alpha value is 0.300. The van der Waals surface area contributed by atoms with E-state index < -0.39 is 0 Å². The van der Waals surface area contributed by atoms with Gasteiger partial charge in [-0.15, -0.1) is 0 Å². The van der Waals surface area contributed by atoms with Crippen molar-refractivity contribution in [1.82, 2.24) is 5.32 Å². The topological polar surface area (TPSA) is 29.1 Å². The van der Waals surface area contributed by atoms with Crippen LogP contribution in [0.1, 0.15) is 25.7 Å². The Morgan fingerprint density at radius 1 is 1.57 bits per heavy atom. The van der Waals surface area contributed by atoms with Crippen LogP contribution in [-0.4, -0.2) is 29.3 Å². The average molecular weight is 280 g/mol. The predicted octanol–water partition coefficient (Wildman–Crippen LogP) is 2.42. The molecule has 1 saturated carbocycles. The van der Waals surface area contributed by atoms with E-state index in [0.29, 0.717) is 16.5 Å². The summed E-state index contributed by atoms with van der Waals surface area (Å²) in [5.41, 5.74) is 0. The molecule has 1 fully saturated rings. The van der Waals surface area contributed by atoms with E-state index >= 15 is 0 Å². The van der Waals surface area contributed by atoms with Crippen molar-refractivity contribution in [2.45, 2.75) is 30.5 Å². The number of alkyl halides is 1. The van der Waals surface area contributed by atoms with Crippen LogP contribution < -0.4 is 5.32 Å². The van der Waals surface area contributed by atoms with Gasteiger partial charge in [0.15, 0.2) is 0 Å². The van der Waals surface area contributed by atoms with Crippen LogP contribution in [0.5, 0.6) is 0 Å². The van der Waals surface area contributed by atoms with Crippen LogP contribution in [0.3, 0.4) is 0 Å². The molecule has 1 rings (SSSR count). The summed E-state index contributed by atoms with van der Waals surface area (Å²) in [6.07, 6.45) is 7.00. The highest BCUT2D eigenvalue weighted by Crippen LogP contribution is 2.28. The molecule has 2 atom stereocenters. The lowest BCUT2D eigenvalue weighted by atomic mass is 9.89. The SMILES string of the molecule is CSCC(=O)NCC1CCCC(Br)C1. The first-order chi connectivity index (χ1) is 6.72. The largest absolute Gasteiger partial charge is 0.355 e. The molecule has 0 heterocycles. The molecule has 1 aliphatic rings. The number of halogens is 1. The lowest BCUT2D eigenvalue weighted by molar-refractivity contribution is -0.118. The third-order valence-electron chi connectivity index (χ3n) is 2.58. The molecule has 0 spiro atoms. The zero-order valence-corrected chi connectivity index (χ0v) is 11.0. The fraction of sp³-hybridized carbons (Fsp3) is 0.900. The van der Waals surface area contributed by atoms with Crippen LogP contribution in [0.25, 0.3) is 0 Å². The molecule has 0 radical (unpaired) electrons. The molecule has 0 bridgehead atoms. The Bertz CT molecular complexity index is 189. The Morgan fingerprint density at radius 2 is 2.36 bits per heavy atom. The second kappa shape index (κ2) is 6.72. The highest BCUT2D eigenvalue weighted by Gasteiger charge is 2.19. The maximum absolute atomic E-state index is 11.2. The summed E-state index contributed by atoms with van der Waals surface area (Å²) in [4.78, 5) is 11.9. The van der Waals surface area contributed by atoms with E-state index in [-0.39, 0.29) is 5.91 Å². The van der Waals surface area contributed by atoms with Gasteiger partial charge in [-0.3, -0.25) is 4.79 Å². The van der Waals surface area contributed by atoms with Gasteiger partial charge in [-0.2, -0.15) is 11.8 Å². The van der Waals surface area contributed by atoms with E-state index in [1.165, 1.54) is 25.7 Å². The molecule has 2 unspecified atom stereocenters. The number of amides is 1. The minimum atomic E-state index is 0.175. The number of carbonyl (C=O) groups is 1. The van der Waals surface area contributed by atoms with Gasteiger partial charge in [0, 0.05) is 11.4 Å². The predicted molar refractivity (Wildman–Crippen MR) is 66.1 cm³/mol. The summed E-state index contributed by atoms with van der Waals surface area (Å²) < 4.78 is 0. The molecule has 1 amide bonds. The van der Waals surface area contributed by atoms with Gasteiger partial charge in [-0.1, -0.05) is 22.4 Å². The lowest BCUT2D eigenvalue weighted by Gasteiger charge is -2.25. The van der Waals surface area contributed by atoms with Gasteiger partial charge in [-0.05, 0) is 31.4 Å². The Balaban J connectivity index is 2.14. The number of nitrogens with one attached hydrogen (secondary N) is 1. The Morgan fingerprint density at radius 3 is 3.00 bits per heavy atom. The third-order valence-corrected chi connectivity index (χ3v) is 3.96. The summed E-state index contributed by atoms with van der Waals surface area (Å²) in [6.45, 7) is 0.863. The minimum absolute atomic E-state index is 0.175. The monoisotopic (exact) mass is 279 g/mol. The maximum Gasteiger partial charge on any atom is 0.229 e. The normalized spacial score (nSPS) is 27.3. The zero-order valence-electron chi connectivity index (χ0n) is 8.59. The number of rotatable bonds is 4. The first-order valence-electron chi connectivity index (χ1n) is 5.12. The van der Waals surface area contributed by atoms with Crippen molar-refractivity contribution in [2.24, 2.45) is 5.92 Å². The van der Waals surface area contributed by atoms with Crippen LogP contribution in [0, 0.1) is 5.92 Å². The maximum atomic E-state index is 11.2. The van der Waals surface area contributed by atoms with Crippen molar-refractivity contribution in [3.05, 3.63) is 0 Å². The van der Waals surface area contributed by atoms with Crippen LogP contribution in [0.2, 0.25) is 0 Å². The van der Waals surface area contributed by atoms with E-state index in [2.05, 4.69) is 21.2 Å². The van der Waals surface area contributed by atoms with E-state index in [1.807, 2.05) is 6.26 Å². The van der Waals surface area contributed by atoms with Gasteiger partial charge in [0.25, 0.3) is 0 Å². The molecule has 2 nitrogen and oxygen atoms in total. The molecule has 1 N–H and O–H groups in total. The molecule has 82 valence electrons. The van der Waals surface area contributed by atoms with Gasteiger partial charge in [0.1, 0.15) is 0 Å². The average Bonchev–Trinajstić information content (AvgIpc) is 2.15. The van der Waals surface area contributed by atoms with E-state index in [0.717, 1.165) is 6.54 Å². The fourth-order valence-electron chi connectivity index (χ4n) is 1.85. The van der Waals surface area contributed by atoms with E-state index in [1.54, 1.807) is 11.8 Å². The summed E-state index contributed by atoms with van der Waals surface area (Å²) >= 11 is 5.23. The molecule has 0 aliphatic heterocycles. The van der Waals surface area contributed by atoms with E-state index in [4.69, 9.17) is 0 Å². The van der Waals surface area contributed by atoms with Crippen LogP contribution in [0.4, 0.5) is 0 Å². The molecule has 0 aromatic rings. The van der Waals surface area contributed by atoms with Crippen LogP contribution >= 0.6 is 27.7 Å². The third kappa shape index (κ3) is 4.69. The highest BCUT2D eigenvalue weighted by atomic mass is 79.9. The highest BCUT2D eigenvalue weighted by molar-refractivity contribution is 9.09. The summed E-state index contributed by atoms with van der Waals surface area (Å²) in [5, 5.41) is 2.99. The van der Waals surface area contributed by atoms with Crippen LogP contribution in [0.15, 0.2) is 0 Å². The van der Waals surface area contributed by atoms with Crippen molar-refractivity contribution in [3.8, 4) is 0 Å². The molecule has 0 aromatic carbocycles. The first-order valence-corrected chi connectivity index (χ1v) is 7.43. The number of hydrogen-bond donors (Lipinski definition) is 1. The molecule has 4 heteroatoms. The summed E-state index contributed by atoms with van der Waals surface area (Å²) in [6, 6.07) is 0. The van der Waals surface area contributed by atoms with Gasteiger partial charge < -0.3 is 5.32 Å². The second-order valence-electron chi connectivity index (χ2n) is 3.87. The summed E-state index contributed by atoms with van der Waals surface area (Å²) in [5.74, 6) is 1.44. The fourth-order valence-corrected chi connectivity index (χ4v) is 3.07. The van der Waals surface area contributed by atoms with Crippen LogP contribution in [-0.2, 0) is 4.79 Å². The number of thioether (sulfide) groups is 1. The van der Waals surface area contributed by atoms with Gasteiger partial charge >= 0.3 is 0 Å². The Kier molecular flexibility index (Phi) is 5.94. The number of carbonyl (C=O) groups excluding carboxylic acids is 1. The molecule has 14 heavy (non-hydrogen) atoms. The van der Waals surface area contributed by atoms with Crippen molar-refractivity contribution in [3.63, 3.8) is 0 Å². The molecule has 0 saturated heterocycles. The van der Waals surface area contributed by atoms with Gasteiger partial charge in [0.05, 0.1) is 5.75 Å². The zero-order chi connectivity index (χ0) is 10.4. The first kappa shape index (κ1) is 12.4. The molecular formula is C10H18BrNOS. The smallest absolute Gasteiger partial charge is 0.229 e.